The molecule has 0 aromatic rings. The summed E-state index contributed by atoms with van der Waals surface area (Å²) in [6.45, 7) is 5.74. The molecule has 2 fully saturated rings. The molecular weight excluding hydrogens is 336 g/mol. The molecule has 0 bridgehead atoms. The molecule has 1 heterocycles. The molecule has 142 valence electrons. The van der Waals surface area contributed by atoms with Crippen LogP contribution in [0.15, 0.2) is 0 Å². The van der Waals surface area contributed by atoms with Crippen LogP contribution < -0.4 is 0 Å². The van der Waals surface area contributed by atoms with E-state index in [9.17, 15) is 0 Å². The summed E-state index contributed by atoms with van der Waals surface area (Å²) in [7, 11) is 0. The van der Waals surface area contributed by atoms with Gasteiger partial charge in [0.15, 0.2) is 0 Å². The molecule has 1 aliphatic carbocycles. The first kappa shape index (κ1) is 20.4. The van der Waals surface area contributed by atoms with Gasteiger partial charge in [-0.15, -0.1) is 11.6 Å². The molecule has 0 amide bonds. The second kappa shape index (κ2) is 13.3. The Bertz CT molecular complexity index is 307. The van der Waals surface area contributed by atoms with Gasteiger partial charge in [0, 0.05) is 5.88 Å². The molecular formula is C17H31ClO6. The van der Waals surface area contributed by atoms with Crippen LogP contribution in [0.2, 0.25) is 0 Å². The van der Waals surface area contributed by atoms with Crippen LogP contribution in [-0.4, -0.2) is 84.2 Å². The van der Waals surface area contributed by atoms with Gasteiger partial charge < -0.3 is 28.4 Å². The van der Waals surface area contributed by atoms with Crippen molar-refractivity contribution in [3.8, 4) is 0 Å². The Hall–Kier alpha value is 0.0500. The van der Waals surface area contributed by atoms with E-state index in [1.54, 1.807) is 0 Å². The van der Waals surface area contributed by atoms with Crippen LogP contribution in [0.1, 0.15) is 19.3 Å². The zero-order valence-corrected chi connectivity index (χ0v) is 15.2. The third-order valence-corrected chi connectivity index (χ3v) is 4.73. The number of alkyl halides is 1. The maximum atomic E-state index is 6.03. The topological polar surface area (TPSA) is 55.4 Å². The van der Waals surface area contributed by atoms with E-state index >= 15 is 0 Å². The summed E-state index contributed by atoms with van der Waals surface area (Å²) in [5, 5.41) is 0. The molecule has 0 N–H and O–H groups in total. The first-order valence-corrected chi connectivity index (χ1v) is 9.53. The normalized spacial score (nSPS) is 33.1. The lowest BCUT2D eigenvalue weighted by molar-refractivity contribution is -0.119. The maximum Gasteiger partial charge on any atom is 0.0840 e. The van der Waals surface area contributed by atoms with Gasteiger partial charge >= 0.3 is 0 Å². The lowest BCUT2D eigenvalue weighted by atomic mass is 9.86. The van der Waals surface area contributed by atoms with E-state index in [0.717, 1.165) is 19.3 Å². The molecule has 2 rings (SSSR count). The zero-order valence-electron chi connectivity index (χ0n) is 14.5. The largest absolute Gasteiger partial charge is 0.377 e. The van der Waals surface area contributed by atoms with Crippen LogP contribution in [0.25, 0.3) is 0 Å². The van der Waals surface area contributed by atoms with Crippen molar-refractivity contribution in [1.82, 2.24) is 0 Å². The molecule has 0 radical (unpaired) electrons. The van der Waals surface area contributed by atoms with Crippen molar-refractivity contribution >= 4 is 11.6 Å². The van der Waals surface area contributed by atoms with Crippen molar-refractivity contribution in [2.45, 2.75) is 31.5 Å². The summed E-state index contributed by atoms with van der Waals surface area (Å²) in [6.07, 6.45) is 3.23. The third-order valence-electron chi connectivity index (χ3n) is 4.29. The van der Waals surface area contributed by atoms with Crippen molar-refractivity contribution in [2.24, 2.45) is 5.92 Å². The Kier molecular flexibility index (Phi) is 11.3. The Balaban J connectivity index is 1.75. The Morgan fingerprint density at radius 1 is 0.583 bits per heavy atom. The number of hydrogen-bond donors (Lipinski definition) is 0. The summed E-state index contributed by atoms with van der Waals surface area (Å²) < 4.78 is 33.9. The highest BCUT2D eigenvalue weighted by molar-refractivity contribution is 6.18. The van der Waals surface area contributed by atoms with Gasteiger partial charge in [0.25, 0.3) is 0 Å². The number of ether oxygens (including phenoxy) is 6. The van der Waals surface area contributed by atoms with Gasteiger partial charge in [0.05, 0.1) is 78.3 Å². The van der Waals surface area contributed by atoms with Crippen LogP contribution in [0.5, 0.6) is 0 Å². The minimum atomic E-state index is 0.0876. The molecule has 2 aliphatic rings. The summed E-state index contributed by atoms with van der Waals surface area (Å²) >= 11 is 6.03. The standard InChI is InChI=1S/C17H31ClO6/c18-14-15-1-2-16-17(13-15)24-12-10-22-8-6-20-4-3-19-5-7-21-9-11-23-16/h15-17H,1-14H2. The summed E-state index contributed by atoms with van der Waals surface area (Å²) in [5.74, 6) is 1.20. The summed E-state index contributed by atoms with van der Waals surface area (Å²) in [6, 6.07) is 0. The van der Waals surface area contributed by atoms with E-state index in [1.807, 2.05) is 0 Å². The minimum Gasteiger partial charge on any atom is -0.377 e. The van der Waals surface area contributed by atoms with Crippen LogP contribution in [-0.2, 0) is 28.4 Å². The van der Waals surface area contributed by atoms with E-state index in [2.05, 4.69) is 0 Å². The number of fused-ring (bicyclic) bond motifs is 1. The van der Waals surface area contributed by atoms with Gasteiger partial charge in [0.2, 0.25) is 0 Å². The molecule has 0 spiro atoms. The van der Waals surface area contributed by atoms with Crippen molar-refractivity contribution in [1.29, 1.82) is 0 Å². The van der Waals surface area contributed by atoms with Crippen molar-refractivity contribution in [3.05, 3.63) is 0 Å². The molecule has 0 aromatic carbocycles. The quantitative estimate of drug-likeness (QED) is 0.660. The van der Waals surface area contributed by atoms with Gasteiger partial charge in [-0.3, -0.25) is 0 Å². The number of rotatable bonds is 1. The van der Waals surface area contributed by atoms with Crippen LogP contribution >= 0.6 is 11.6 Å². The smallest absolute Gasteiger partial charge is 0.0840 e. The molecule has 7 heteroatoms. The van der Waals surface area contributed by atoms with Crippen LogP contribution in [0.4, 0.5) is 0 Å². The van der Waals surface area contributed by atoms with E-state index in [4.69, 9.17) is 40.0 Å². The van der Waals surface area contributed by atoms with Crippen molar-refractivity contribution in [2.75, 3.05) is 71.9 Å². The minimum absolute atomic E-state index is 0.0876. The van der Waals surface area contributed by atoms with Crippen molar-refractivity contribution in [3.63, 3.8) is 0 Å². The molecule has 3 unspecified atom stereocenters. The number of hydrogen-bond acceptors (Lipinski definition) is 6. The highest BCUT2D eigenvalue weighted by atomic mass is 35.5. The van der Waals surface area contributed by atoms with Gasteiger partial charge in [-0.2, -0.15) is 0 Å². The van der Waals surface area contributed by atoms with Crippen LogP contribution in [0.3, 0.4) is 0 Å². The lowest BCUT2D eigenvalue weighted by Crippen LogP contribution is -2.39. The second-order valence-corrected chi connectivity index (χ2v) is 6.41. The first-order chi connectivity index (χ1) is 11.9. The highest BCUT2D eigenvalue weighted by Gasteiger charge is 2.31. The monoisotopic (exact) mass is 366 g/mol. The Morgan fingerprint density at radius 2 is 1.04 bits per heavy atom. The van der Waals surface area contributed by atoms with Gasteiger partial charge in [-0.1, -0.05) is 0 Å². The Morgan fingerprint density at radius 3 is 1.54 bits per heavy atom. The predicted molar refractivity (Wildman–Crippen MR) is 90.8 cm³/mol. The average molecular weight is 367 g/mol. The first-order valence-electron chi connectivity index (χ1n) is 9.00. The molecule has 3 atom stereocenters. The van der Waals surface area contributed by atoms with E-state index < -0.39 is 0 Å². The Labute approximate surface area is 150 Å². The summed E-state index contributed by atoms with van der Waals surface area (Å²) in [4.78, 5) is 0. The average Bonchev–Trinajstić information content (AvgIpc) is 2.61. The lowest BCUT2D eigenvalue weighted by Gasteiger charge is -2.35. The van der Waals surface area contributed by atoms with E-state index in [1.165, 1.54) is 0 Å². The summed E-state index contributed by atoms with van der Waals surface area (Å²) in [5.41, 5.74) is 0. The number of halogens is 1. The third kappa shape index (κ3) is 8.43. The molecule has 0 aromatic heterocycles. The van der Waals surface area contributed by atoms with Gasteiger partial charge in [0.1, 0.15) is 0 Å². The zero-order chi connectivity index (χ0) is 16.9. The molecule has 1 aliphatic heterocycles. The van der Waals surface area contributed by atoms with E-state index in [-0.39, 0.29) is 12.2 Å². The molecule has 6 nitrogen and oxygen atoms in total. The fraction of sp³-hybridized carbons (Fsp3) is 1.00. The maximum absolute atomic E-state index is 6.03. The van der Waals surface area contributed by atoms with Crippen LogP contribution in [0, 0.1) is 5.92 Å². The molecule has 1 saturated heterocycles. The van der Waals surface area contributed by atoms with E-state index in [0.29, 0.717) is 77.9 Å². The predicted octanol–water partition coefficient (Wildman–Crippen LogP) is 1.88. The fourth-order valence-corrected chi connectivity index (χ4v) is 3.25. The fourth-order valence-electron chi connectivity index (χ4n) is 2.97. The molecule has 24 heavy (non-hydrogen) atoms. The van der Waals surface area contributed by atoms with Crippen molar-refractivity contribution < 1.29 is 28.4 Å². The van der Waals surface area contributed by atoms with Gasteiger partial charge in [-0.25, -0.2) is 0 Å². The second-order valence-electron chi connectivity index (χ2n) is 6.10. The SMILES string of the molecule is ClCC1CCC2OCCOCCOCCOCCOCCOC2C1. The highest BCUT2D eigenvalue weighted by Crippen LogP contribution is 2.29. The molecule has 1 saturated carbocycles. The van der Waals surface area contributed by atoms with Gasteiger partial charge in [-0.05, 0) is 25.2 Å².